The molecule has 37 heavy (non-hydrogen) atoms. The Labute approximate surface area is 216 Å². The van der Waals surface area contributed by atoms with Crippen molar-refractivity contribution in [3.63, 3.8) is 0 Å². The first-order valence-corrected chi connectivity index (χ1v) is 13.7. The predicted molar refractivity (Wildman–Crippen MR) is 133 cm³/mol. The van der Waals surface area contributed by atoms with Gasteiger partial charge in [-0.3, -0.25) is 19.7 Å². The lowest BCUT2D eigenvalue weighted by Gasteiger charge is -2.42. The Hall–Kier alpha value is -2.56. The van der Waals surface area contributed by atoms with Crippen molar-refractivity contribution >= 4 is 23.4 Å². The maximum Gasteiger partial charge on any atom is 0.255 e. The van der Waals surface area contributed by atoms with Crippen LogP contribution < -0.4 is 15.5 Å². The normalized spacial score (nSPS) is 29.3. The van der Waals surface area contributed by atoms with E-state index in [1.54, 1.807) is 12.1 Å². The number of imide groups is 1. The number of amides is 3. The van der Waals surface area contributed by atoms with Crippen molar-refractivity contribution in [1.82, 2.24) is 15.5 Å². The van der Waals surface area contributed by atoms with Crippen molar-refractivity contribution < 1.29 is 28.2 Å². The second-order valence-corrected chi connectivity index (χ2v) is 10.9. The SMILES string of the molecule is O=C1CCC(N2Cc3c(ccc(N4CCC(O[C@H]5C[C@H](OC6CCNCC6)C5)CC4)c3F)C2=O)C(=O)N1. The first-order chi connectivity index (χ1) is 18.0. The van der Waals surface area contributed by atoms with E-state index >= 15 is 4.39 Å². The zero-order valence-corrected chi connectivity index (χ0v) is 21.0. The lowest BCUT2D eigenvalue weighted by Crippen LogP contribution is -2.52. The molecule has 1 aromatic carbocycles. The van der Waals surface area contributed by atoms with E-state index in [1.165, 1.54) is 4.90 Å². The number of piperidine rings is 3. The van der Waals surface area contributed by atoms with E-state index in [-0.39, 0.29) is 43.4 Å². The van der Waals surface area contributed by atoms with Crippen molar-refractivity contribution in [2.75, 3.05) is 31.1 Å². The summed E-state index contributed by atoms with van der Waals surface area (Å²) in [5, 5.41) is 5.65. The molecule has 0 radical (unpaired) electrons. The molecular weight excluding hydrogens is 479 g/mol. The van der Waals surface area contributed by atoms with Crippen LogP contribution in [0.4, 0.5) is 10.1 Å². The molecule has 1 aromatic rings. The number of carbonyl (C=O) groups is 3. The number of benzene rings is 1. The van der Waals surface area contributed by atoms with Gasteiger partial charge in [0.05, 0.1) is 36.6 Å². The van der Waals surface area contributed by atoms with E-state index in [9.17, 15) is 14.4 Å². The summed E-state index contributed by atoms with van der Waals surface area (Å²) in [4.78, 5) is 40.1. The maximum atomic E-state index is 15.6. The molecule has 1 aliphatic carbocycles. The van der Waals surface area contributed by atoms with Gasteiger partial charge in [0.15, 0.2) is 5.82 Å². The van der Waals surface area contributed by atoms with Gasteiger partial charge in [0.2, 0.25) is 11.8 Å². The van der Waals surface area contributed by atoms with Gasteiger partial charge in [-0.25, -0.2) is 4.39 Å². The highest BCUT2D eigenvalue weighted by atomic mass is 19.1. The van der Waals surface area contributed by atoms with Gasteiger partial charge in [0, 0.05) is 30.6 Å². The molecule has 5 aliphatic rings. The van der Waals surface area contributed by atoms with Crippen LogP contribution in [0.3, 0.4) is 0 Å². The second-order valence-electron chi connectivity index (χ2n) is 10.9. The molecule has 0 aromatic heterocycles. The average molecular weight is 515 g/mol. The Morgan fingerprint density at radius 2 is 1.54 bits per heavy atom. The summed E-state index contributed by atoms with van der Waals surface area (Å²) in [6.45, 7) is 3.49. The van der Waals surface area contributed by atoms with Crippen molar-refractivity contribution in [3.8, 4) is 0 Å². The second kappa shape index (κ2) is 10.3. The summed E-state index contributed by atoms with van der Waals surface area (Å²) >= 11 is 0. The van der Waals surface area contributed by atoms with Gasteiger partial charge in [0.25, 0.3) is 5.91 Å². The van der Waals surface area contributed by atoms with E-state index in [1.807, 2.05) is 4.90 Å². The van der Waals surface area contributed by atoms with Gasteiger partial charge in [-0.2, -0.15) is 0 Å². The lowest BCUT2D eigenvalue weighted by molar-refractivity contribution is -0.150. The molecule has 0 bridgehead atoms. The van der Waals surface area contributed by atoms with Gasteiger partial charge < -0.3 is 24.6 Å². The number of nitrogens with zero attached hydrogens (tertiary/aromatic N) is 2. The largest absolute Gasteiger partial charge is 0.375 e. The summed E-state index contributed by atoms with van der Waals surface area (Å²) in [6.07, 6.45) is 7.30. The number of rotatable bonds is 6. The standard InChI is InChI=1S/C27H35FN4O5/c28-25-21-15-32(23-3-4-24(33)30-26(23)34)27(35)20(21)1-2-22(25)31-11-7-17(8-12-31)37-19-13-18(14-19)36-16-5-9-29-10-6-16/h1-2,16-19,23,29H,3-15H2,(H,30,33,34)/t18-,19-,23?. The molecule has 0 spiro atoms. The third-order valence-electron chi connectivity index (χ3n) is 8.52. The lowest BCUT2D eigenvalue weighted by atomic mass is 9.90. The summed E-state index contributed by atoms with van der Waals surface area (Å²) in [5.74, 6) is -1.58. The number of hydrogen-bond acceptors (Lipinski definition) is 7. The topological polar surface area (TPSA) is 100 Å². The summed E-state index contributed by atoms with van der Waals surface area (Å²) < 4.78 is 28.1. The molecule has 4 fully saturated rings. The van der Waals surface area contributed by atoms with Crippen LogP contribution >= 0.6 is 0 Å². The number of nitrogens with one attached hydrogen (secondary N) is 2. The minimum absolute atomic E-state index is 0.0436. The van der Waals surface area contributed by atoms with Crippen LogP contribution in [0, 0.1) is 5.82 Å². The third kappa shape index (κ3) is 4.98. The summed E-state index contributed by atoms with van der Waals surface area (Å²) in [7, 11) is 0. The molecule has 9 nitrogen and oxygen atoms in total. The number of fused-ring (bicyclic) bond motifs is 1. The smallest absolute Gasteiger partial charge is 0.255 e. The number of carbonyl (C=O) groups excluding carboxylic acids is 3. The first kappa shape index (κ1) is 24.8. The van der Waals surface area contributed by atoms with Crippen LogP contribution in [0.25, 0.3) is 0 Å². The van der Waals surface area contributed by atoms with Crippen LogP contribution in [-0.2, 0) is 25.6 Å². The highest BCUT2D eigenvalue weighted by Gasteiger charge is 2.41. The van der Waals surface area contributed by atoms with Crippen molar-refractivity contribution in [3.05, 3.63) is 29.1 Å². The molecule has 2 N–H and O–H groups in total. The number of anilines is 1. The van der Waals surface area contributed by atoms with Crippen LogP contribution in [0.15, 0.2) is 12.1 Å². The van der Waals surface area contributed by atoms with Crippen LogP contribution in [0.1, 0.15) is 67.3 Å². The Kier molecular flexibility index (Phi) is 6.89. The van der Waals surface area contributed by atoms with Gasteiger partial charge in [-0.1, -0.05) is 0 Å². The molecule has 4 heterocycles. The van der Waals surface area contributed by atoms with E-state index in [0.717, 1.165) is 51.6 Å². The highest BCUT2D eigenvalue weighted by Crippen LogP contribution is 2.36. The number of hydrogen-bond donors (Lipinski definition) is 2. The fourth-order valence-electron chi connectivity index (χ4n) is 6.28. The summed E-state index contributed by atoms with van der Waals surface area (Å²) in [6, 6.07) is 2.60. The minimum Gasteiger partial charge on any atom is -0.375 e. The quantitative estimate of drug-likeness (QED) is 0.559. The van der Waals surface area contributed by atoms with Crippen molar-refractivity contribution in [1.29, 1.82) is 0 Å². The number of ether oxygens (including phenoxy) is 2. The molecular formula is C27H35FN4O5. The highest BCUT2D eigenvalue weighted by molar-refractivity contribution is 6.05. The first-order valence-electron chi connectivity index (χ1n) is 13.7. The van der Waals surface area contributed by atoms with Crippen LogP contribution in [0.2, 0.25) is 0 Å². The van der Waals surface area contributed by atoms with Gasteiger partial charge in [0.1, 0.15) is 6.04 Å². The minimum atomic E-state index is -0.746. The monoisotopic (exact) mass is 514 g/mol. The molecule has 10 heteroatoms. The molecule has 3 amide bonds. The third-order valence-corrected chi connectivity index (χ3v) is 8.52. The van der Waals surface area contributed by atoms with E-state index < -0.39 is 17.8 Å². The molecule has 1 atom stereocenters. The fraction of sp³-hybridized carbons (Fsp3) is 0.667. The Bertz CT molecular complexity index is 1060. The Balaban J connectivity index is 1.01. The Morgan fingerprint density at radius 1 is 0.865 bits per heavy atom. The van der Waals surface area contributed by atoms with Crippen molar-refractivity contribution in [2.45, 2.75) is 88.4 Å². The molecule has 200 valence electrons. The van der Waals surface area contributed by atoms with Crippen molar-refractivity contribution in [2.24, 2.45) is 0 Å². The van der Waals surface area contributed by atoms with Gasteiger partial charge >= 0.3 is 0 Å². The molecule has 1 saturated carbocycles. The molecule has 1 unspecified atom stereocenters. The van der Waals surface area contributed by atoms with E-state index in [2.05, 4.69) is 10.6 Å². The molecule has 6 rings (SSSR count). The predicted octanol–water partition coefficient (Wildman–Crippen LogP) is 1.87. The fourth-order valence-corrected chi connectivity index (χ4v) is 6.28. The Morgan fingerprint density at radius 3 is 2.22 bits per heavy atom. The zero-order valence-electron chi connectivity index (χ0n) is 21.0. The van der Waals surface area contributed by atoms with E-state index in [4.69, 9.17) is 9.47 Å². The van der Waals surface area contributed by atoms with Crippen LogP contribution in [-0.4, -0.2) is 79.3 Å². The van der Waals surface area contributed by atoms with Gasteiger partial charge in [-0.05, 0) is 70.2 Å². The molecule has 4 aliphatic heterocycles. The van der Waals surface area contributed by atoms with Gasteiger partial charge in [-0.15, -0.1) is 0 Å². The average Bonchev–Trinajstić information content (AvgIpc) is 3.21. The number of halogens is 1. The molecule has 3 saturated heterocycles. The van der Waals surface area contributed by atoms with E-state index in [0.29, 0.717) is 42.1 Å². The summed E-state index contributed by atoms with van der Waals surface area (Å²) in [5.41, 5.74) is 1.13. The zero-order chi connectivity index (χ0) is 25.5. The van der Waals surface area contributed by atoms with Crippen LogP contribution in [0.5, 0.6) is 0 Å². The maximum absolute atomic E-state index is 15.6.